The van der Waals surface area contributed by atoms with E-state index in [9.17, 15) is 14.4 Å². The number of rotatable bonds is 4. The molecule has 1 aliphatic heterocycles. The van der Waals surface area contributed by atoms with Gasteiger partial charge in [0, 0.05) is 29.4 Å². The van der Waals surface area contributed by atoms with Crippen LogP contribution in [0.2, 0.25) is 0 Å². The summed E-state index contributed by atoms with van der Waals surface area (Å²) in [5, 5.41) is 13.0. The Balaban J connectivity index is 1.64. The van der Waals surface area contributed by atoms with Crippen LogP contribution < -0.4 is 16.0 Å². The minimum absolute atomic E-state index is 0.0152. The third-order valence-electron chi connectivity index (χ3n) is 5.16. The number of aryl methyl sites for hydroxylation is 1. The molecule has 0 saturated carbocycles. The second kappa shape index (κ2) is 8.06. The van der Waals surface area contributed by atoms with Crippen molar-refractivity contribution in [3.63, 3.8) is 0 Å². The summed E-state index contributed by atoms with van der Waals surface area (Å²) in [7, 11) is 0. The standard InChI is InChI=1S/C23H23N5O3/c1-13-7-9-16(10-8-13)21-14(2)22-26-20(30)12-19(28(22)27-21)23(31)25-18-6-4-5-17(11-18)24-15(3)29/h4-11,19H,12H2,1-3H3,(H,24,29)(H,25,31)(H,26,30). The van der Waals surface area contributed by atoms with E-state index < -0.39 is 6.04 Å². The maximum atomic E-state index is 13.1. The molecule has 0 aliphatic carbocycles. The maximum Gasteiger partial charge on any atom is 0.249 e. The van der Waals surface area contributed by atoms with E-state index in [1.54, 1.807) is 28.9 Å². The molecule has 2 aromatic carbocycles. The number of amides is 3. The molecule has 0 spiro atoms. The van der Waals surface area contributed by atoms with Crippen molar-refractivity contribution in [3.8, 4) is 11.3 Å². The SMILES string of the molecule is CC(=O)Nc1cccc(NC(=O)C2CC(=O)Nc3c(C)c(-c4ccc(C)cc4)nn32)c1. The lowest BCUT2D eigenvalue weighted by Crippen LogP contribution is -2.35. The first-order valence-corrected chi connectivity index (χ1v) is 9.96. The molecule has 0 bridgehead atoms. The molecule has 1 aromatic heterocycles. The van der Waals surface area contributed by atoms with Crippen molar-refractivity contribution in [2.75, 3.05) is 16.0 Å². The lowest BCUT2D eigenvalue weighted by Gasteiger charge is -2.24. The second-order valence-corrected chi connectivity index (χ2v) is 7.65. The van der Waals surface area contributed by atoms with Crippen molar-refractivity contribution < 1.29 is 14.4 Å². The zero-order chi connectivity index (χ0) is 22.1. The summed E-state index contributed by atoms with van der Waals surface area (Å²) in [6.45, 7) is 5.31. The number of nitrogens with one attached hydrogen (secondary N) is 3. The van der Waals surface area contributed by atoms with E-state index in [2.05, 4.69) is 21.0 Å². The van der Waals surface area contributed by atoms with Gasteiger partial charge < -0.3 is 16.0 Å². The second-order valence-electron chi connectivity index (χ2n) is 7.65. The van der Waals surface area contributed by atoms with Crippen molar-refractivity contribution in [2.45, 2.75) is 33.2 Å². The van der Waals surface area contributed by atoms with E-state index >= 15 is 0 Å². The van der Waals surface area contributed by atoms with E-state index in [4.69, 9.17) is 0 Å². The molecular formula is C23H23N5O3. The van der Waals surface area contributed by atoms with E-state index in [1.807, 2.05) is 38.1 Å². The highest BCUT2D eigenvalue weighted by Gasteiger charge is 2.34. The zero-order valence-corrected chi connectivity index (χ0v) is 17.5. The van der Waals surface area contributed by atoms with Gasteiger partial charge in [0.15, 0.2) is 0 Å². The van der Waals surface area contributed by atoms with Gasteiger partial charge in [-0.3, -0.25) is 14.4 Å². The molecule has 4 rings (SSSR count). The van der Waals surface area contributed by atoms with Crippen LogP contribution in [0.25, 0.3) is 11.3 Å². The summed E-state index contributed by atoms with van der Waals surface area (Å²) in [5.41, 5.74) is 4.68. The van der Waals surface area contributed by atoms with Gasteiger partial charge in [-0.05, 0) is 32.0 Å². The molecule has 3 N–H and O–H groups in total. The Bertz CT molecular complexity index is 1180. The summed E-state index contributed by atoms with van der Waals surface area (Å²) in [6, 6.07) is 14.0. The van der Waals surface area contributed by atoms with Crippen LogP contribution in [0.3, 0.4) is 0 Å². The van der Waals surface area contributed by atoms with Gasteiger partial charge in [0.1, 0.15) is 11.9 Å². The van der Waals surface area contributed by atoms with E-state index in [0.29, 0.717) is 17.2 Å². The maximum absolute atomic E-state index is 13.1. The highest BCUT2D eigenvalue weighted by Crippen LogP contribution is 2.34. The molecule has 31 heavy (non-hydrogen) atoms. The van der Waals surface area contributed by atoms with Crippen LogP contribution in [0.4, 0.5) is 17.2 Å². The minimum Gasteiger partial charge on any atom is -0.326 e. The van der Waals surface area contributed by atoms with E-state index in [1.165, 1.54) is 6.92 Å². The number of fused-ring (bicyclic) bond motifs is 1. The lowest BCUT2D eigenvalue weighted by molar-refractivity contribution is -0.125. The minimum atomic E-state index is -0.786. The van der Waals surface area contributed by atoms with Gasteiger partial charge in [-0.25, -0.2) is 4.68 Å². The molecule has 3 amide bonds. The van der Waals surface area contributed by atoms with Crippen LogP contribution in [0.5, 0.6) is 0 Å². The molecule has 8 nitrogen and oxygen atoms in total. The third-order valence-corrected chi connectivity index (χ3v) is 5.16. The summed E-state index contributed by atoms with van der Waals surface area (Å²) in [6.07, 6.45) is -0.0152. The number of carbonyl (C=O) groups is 3. The predicted octanol–water partition coefficient (Wildman–Crippen LogP) is 3.65. The fourth-order valence-corrected chi connectivity index (χ4v) is 3.63. The number of hydrogen-bond acceptors (Lipinski definition) is 4. The fraction of sp³-hybridized carbons (Fsp3) is 0.217. The molecule has 1 unspecified atom stereocenters. The summed E-state index contributed by atoms with van der Waals surface area (Å²) in [5.74, 6) is -0.265. The molecule has 3 aromatic rings. The highest BCUT2D eigenvalue weighted by molar-refractivity contribution is 6.02. The number of carbonyl (C=O) groups excluding carboxylic acids is 3. The average Bonchev–Trinajstić information content (AvgIpc) is 3.04. The third kappa shape index (κ3) is 4.18. The van der Waals surface area contributed by atoms with Crippen LogP contribution in [0.1, 0.15) is 30.5 Å². The average molecular weight is 417 g/mol. The topological polar surface area (TPSA) is 105 Å². The molecule has 1 aliphatic rings. The van der Waals surface area contributed by atoms with E-state index in [-0.39, 0.29) is 24.1 Å². The number of benzene rings is 2. The molecule has 1 atom stereocenters. The van der Waals surface area contributed by atoms with Crippen LogP contribution in [-0.2, 0) is 14.4 Å². The number of hydrogen-bond donors (Lipinski definition) is 3. The van der Waals surface area contributed by atoms with Crippen LogP contribution in [0, 0.1) is 13.8 Å². The van der Waals surface area contributed by atoms with Gasteiger partial charge >= 0.3 is 0 Å². The van der Waals surface area contributed by atoms with Crippen molar-refractivity contribution in [1.82, 2.24) is 9.78 Å². The number of aromatic nitrogens is 2. The number of anilines is 3. The summed E-state index contributed by atoms with van der Waals surface area (Å²) >= 11 is 0. The molecule has 0 radical (unpaired) electrons. The van der Waals surface area contributed by atoms with Crippen molar-refractivity contribution in [3.05, 3.63) is 59.7 Å². The van der Waals surface area contributed by atoms with E-state index in [0.717, 1.165) is 22.4 Å². The van der Waals surface area contributed by atoms with Gasteiger partial charge in [0.25, 0.3) is 0 Å². The molecular weight excluding hydrogens is 394 g/mol. The summed E-state index contributed by atoms with van der Waals surface area (Å²) < 4.78 is 1.58. The number of nitrogens with zero attached hydrogens (tertiary/aromatic N) is 2. The quantitative estimate of drug-likeness (QED) is 0.603. The zero-order valence-electron chi connectivity index (χ0n) is 17.5. The van der Waals surface area contributed by atoms with Crippen molar-refractivity contribution >= 4 is 34.9 Å². The predicted molar refractivity (Wildman–Crippen MR) is 119 cm³/mol. The largest absolute Gasteiger partial charge is 0.326 e. The molecule has 158 valence electrons. The Labute approximate surface area is 179 Å². The van der Waals surface area contributed by atoms with Crippen LogP contribution in [0.15, 0.2) is 48.5 Å². The molecule has 2 heterocycles. The Morgan fingerprint density at radius 1 is 1.06 bits per heavy atom. The van der Waals surface area contributed by atoms with Crippen molar-refractivity contribution in [1.29, 1.82) is 0 Å². The van der Waals surface area contributed by atoms with Gasteiger partial charge in [0.05, 0.1) is 12.1 Å². The first-order valence-electron chi connectivity index (χ1n) is 9.96. The van der Waals surface area contributed by atoms with Crippen LogP contribution >= 0.6 is 0 Å². The Morgan fingerprint density at radius 2 is 1.74 bits per heavy atom. The van der Waals surface area contributed by atoms with Crippen LogP contribution in [-0.4, -0.2) is 27.5 Å². The molecule has 0 fully saturated rings. The first kappa shape index (κ1) is 20.3. The van der Waals surface area contributed by atoms with Gasteiger partial charge in [-0.2, -0.15) is 5.10 Å². The smallest absolute Gasteiger partial charge is 0.249 e. The van der Waals surface area contributed by atoms with Gasteiger partial charge in [-0.15, -0.1) is 0 Å². The monoisotopic (exact) mass is 417 g/mol. The lowest BCUT2D eigenvalue weighted by atomic mass is 10.1. The fourth-order valence-electron chi connectivity index (χ4n) is 3.63. The first-order chi connectivity index (χ1) is 14.8. The molecule has 0 saturated heterocycles. The van der Waals surface area contributed by atoms with Crippen molar-refractivity contribution in [2.24, 2.45) is 0 Å². The summed E-state index contributed by atoms with van der Waals surface area (Å²) in [4.78, 5) is 36.7. The Morgan fingerprint density at radius 3 is 2.42 bits per heavy atom. The van der Waals surface area contributed by atoms with Gasteiger partial charge in [-0.1, -0.05) is 35.9 Å². The molecule has 8 heteroatoms. The Hall–Kier alpha value is -3.94. The van der Waals surface area contributed by atoms with Gasteiger partial charge in [0.2, 0.25) is 17.7 Å². The normalized spacial score (nSPS) is 15.1. The Kier molecular flexibility index (Phi) is 5.29. The highest BCUT2D eigenvalue weighted by atomic mass is 16.2.